The third kappa shape index (κ3) is 4.14. The van der Waals surface area contributed by atoms with Crippen LogP contribution in [-0.2, 0) is 29.2 Å². The van der Waals surface area contributed by atoms with Crippen molar-refractivity contribution >= 4 is 22.8 Å². The first-order chi connectivity index (χ1) is 14.0. The van der Waals surface area contributed by atoms with Gasteiger partial charge in [0, 0.05) is 37.4 Å². The van der Waals surface area contributed by atoms with Crippen LogP contribution in [0.4, 0.5) is 0 Å². The number of aromatic amines is 1. The van der Waals surface area contributed by atoms with Crippen molar-refractivity contribution in [3.63, 3.8) is 0 Å². The second-order valence-corrected chi connectivity index (χ2v) is 7.50. The number of pyridine rings is 1. The average Bonchev–Trinajstić information content (AvgIpc) is 3.34. The van der Waals surface area contributed by atoms with Crippen LogP contribution in [0.5, 0.6) is 0 Å². The molecule has 0 unspecified atom stereocenters. The number of rotatable bonds is 6. The highest BCUT2D eigenvalue weighted by atomic mass is 16.5. The third-order valence-electron chi connectivity index (χ3n) is 5.00. The lowest BCUT2D eigenvalue weighted by Crippen LogP contribution is -2.28. The van der Waals surface area contributed by atoms with Gasteiger partial charge in [0.2, 0.25) is 5.91 Å². The average molecular weight is 392 g/mol. The van der Waals surface area contributed by atoms with Crippen LogP contribution in [0, 0.1) is 0 Å². The van der Waals surface area contributed by atoms with E-state index >= 15 is 0 Å². The van der Waals surface area contributed by atoms with Gasteiger partial charge in [0.1, 0.15) is 12.3 Å². The molecule has 4 rings (SSSR count). The zero-order chi connectivity index (χ0) is 20.4. The summed E-state index contributed by atoms with van der Waals surface area (Å²) in [6.07, 6.45) is 3.45. The van der Waals surface area contributed by atoms with Crippen LogP contribution in [0.15, 0.2) is 42.7 Å². The summed E-state index contributed by atoms with van der Waals surface area (Å²) < 4.78 is 5.31. The van der Waals surface area contributed by atoms with Crippen molar-refractivity contribution in [2.24, 2.45) is 0 Å². The number of H-pyrrole nitrogens is 1. The van der Waals surface area contributed by atoms with Gasteiger partial charge in [0.15, 0.2) is 0 Å². The Hall–Kier alpha value is -3.19. The maximum absolute atomic E-state index is 13.0. The molecule has 1 aromatic carbocycles. The van der Waals surface area contributed by atoms with Crippen LogP contribution in [-0.4, -0.2) is 39.4 Å². The van der Waals surface area contributed by atoms with Gasteiger partial charge < -0.3 is 19.9 Å². The standard InChI is InChI=1S/C22H24N4O3/c1-14(2)29-13-20(27)24-9-15-5-6-16-11-26(12-17(16)8-15)22(28)19-10-25-21-18(19)4-3-7-23-21/h3-8,10,14H,9,11-13H2,1-2H3,(H,23,25)(H,24,27). The van der Waals surface area contributed by atoms with Gasteiger partial charge in [-0.25, -0.2) is 4.98 Å². The number of fused-ring (bicyclic) bond motifs is 2. The molecule has 1 aliphatic rings. The number of carbonyl (C=O) groups is 2. The molecule has 0 saturated carbocycles. The monoisotopic (exact) mass is 392 g/mol. The van der Waals surface area contributed by atoms with Gasteiger partial charge in [-0.2, -0.15) is 0 Å². The maximum atomic E-state index is 13.0. The zero-order valence-corrected chi connectivity index (χ0v) is 16.6. The van der Waals surface area contributed by atoms with Crippen molar-refractivity contribution < 1.29 is 14.3 Å². The van der Waals surface area contributed by atoms with E-state index < -0.39 is 0 Å². The van der Waals surface area contributed by atoms with Crippen molar-refractivity contribution in [1.29, 1.82) is 0 Å². The second kappa shape index (κ2) is 8.05. The highest BCUT2D eigenvalue weighted by Crippen LogP contribution is 2.27. The highest BCUT2D eigenvalue weighted by molar-refractivity contribution is 6.06. The van der Waals surface area contributed by atoms with Gasteiger partial charge in [-0.1, -0.05) is 18.2 Å². The number of hydrogen-bond acceptors (Lipinski definition) is 4. The van der Waals surface area contributed by atoms with Crippen molar-refractivity contribution in [3.05, 3.63) is 65.0 Å². The van der Waals surface area contributed by atoms with Crippen molar-refractivity contribution in [2.45, 2.75) is 39.6 Å². The number of nitrogens with one attached hydrogen (secondary N) is 2. The quantitative estimate of drug-likeness (QED) is 0.675. The third-order valence-corrected chi connectivity index (χ3v) is 5.00. The number of hydrogen-bond donors (Lipinski definition) is 2. The molecule has 2 amide bonds. The molecule has 0 radical (unpaired) electrons. The fourth-order valence-corrected chi connectivity index (χ4v) is 3.50. The largest absolute Gasteiger partial charge is 0.369 e. The van der Waals surface area contributed by atoms with E-state index in [0.29, 0.717) is 30.8 Å². The highest BCUT2D eigenvalue weighted by Gasteiger charge is 2.26. The molecule has 0 bridgehead atoms. The molecule has 0 aliphatic carbocycles. The Balaban J connectivity index is 1.41. The minimum atomic E-state index is -0.135. The fraction of sp³-hybridized carbons (Fsp3) is 0.318. The zero-order valence-electron chi connectivity index (χ0n) is 16.6. The molecule has 2 aromatic heterocycles. The Morgan fingerprint density at radius 3 is 2.90 bits per heavy atom. The molecule has 3 aromatic rings. The summed E-state index contributed by atoms with van der Waals surface area (Å²) in [5.41, 5.74) is 4.61. The van der Waals surface area contributed by atoms with Gasteiger partial charge in [-0.15, -0.1) is 0 Å². The molecule has 0 fully saturated rings. The Kier molecular flexibility index (Phi) is 5.31. The van der Waals surface area contributed by atoms with E-state index in [0.717, 1.165) is 22.1 Å². The lowest BCUT2D eigenvalue weighted by atomic mass is 10.1. The Bertz CT molecular complexity index is 1060. The number of carbonyl (C=O) groups excluding carboxylic acids is 2. The predicted molar refractivity (Wildman–Crippen MR) is 109 cm³/mol. The first-order valence-corrected chi connectivity index (χ1v) is 9.71. The molecule has 7 heteroatoms. The smallest absolute Gasteiger partial charge is 0.256 e. The van der Waals surface area contributed by atoms with Crippen molar-refractivity contribution in [2.75, 3.05) is 6.61 Å². The normalized spacial score (nSPS) is 13.1. The molecule has 7 nitrogen and oxygen atoms in total. The minimum absolute atomic E-state index is 0.0128. The molecule has 3 heterocycles. The molecule has 150 valence electrons. The summed E-state index contributed by atoms with van der Waals surface area (Å²) in [5.74, 6) is -0.148. The molecule has 29 heavy (non-hydrogen) atoms. The van der Waals surface area contributed by atoms with E-state index in [4.69, 9.17) is 4.74 Å². The Morgan fingerprint density at radius 1 is 1.24 bits per heavy atom. The van der Waals surface area contributed by atoms with Gasteiger partial charge in [0.05, 0.1) is 11.7 Å². The molecule has 0 saturated heterocycles. The first-order valence-electron chi connectivity index (χ1n) is 9.71. The van der Waals surface area contributed by atoms with Crippen LogP contribution in [0.3, 0.4) is 0 Å². The lowest BCUT2D eigenvalue weighted by molar-refractivity contribution is -0.127. The molecule has 1 aliphatic heterocycles. The number of benzene rings is 1. The van der Waals surface area contributed by atoms with Gasteiger partial charge in [-0.3, -0.25) is 9.59 Å². The summed E-state index contributed by atoms with van der Waals surface area (Å²) in [6, 6.07) is 9.82. The summed E-state index contributed by atoms with van der Waals surface area (Å²) in [4.78, 5) is 34.0. The maximum Gasteiger partial charge on any atom is 0.256 e. The van der Waals surface area contributed by atoms with Gasteiger partial charge >= 0.3 is 0 Å². The van der Waals surface area contributed by atoms with E-state index in [2.05, 4.69) is 21.4 Å². The second-order valence-electron chi connectivity index (χ2n) is 7.50. The SMILES string of the molecule is CC(C)OCC(=O)NCc1ccc2c(c1)CN(C(=O)c1c[nH]c3ncccc13)C2. The number of amides is 2. The minimum Gasteiger partial charge on any atom is -0.369 e. The van der Waals surface area contributed by atoms with Crippen molar-refractivity contribution in [3.8, 4) is 0 Å². The summed E-state index contributed by atoms with van der Waals surface area (Å²) in [6.45, 7) is 5.43. The molecular formula is C22H24N4O3. The number of nitrogens with zero attached hydrogens (tertiary/aromatic N) is 2. The molecule has 0 atom stereocenters. The van der Waals surface area contributed by atoms with Crippen LogP contribution >= 0.6 is 0 Å². The van der Waals surface area contributed by atoms with Gasteiger partial charge in [-0.05, 0) is 42.7 Å². The number of aromatic nitrogens is 2. The lowest BCUT2D eigenvalue weighted by Gasteiger charge is -2.14. The summed E-state index contributed by atoms with van der Waals surface area (Å²) in [5, 5.41) is 3.70. The molecule has 2 N–H and O–H groups in total. The van der Waals surface area contributed by atoms with E-state index in [1.807, 2.05) is 43.0 Å². The first kappa shape index (κ1) is 19.1. The Labute approximate surface area is 169 Å². The topological polar surface area (TPSA) is 87.3 Å². The van der Waals surface area contributed by atoms with Crippen LogP contribution in [0.2, 0.25) is 0 Å². The van der Waals surface area contributed by atoms with Gasteiger partial charge in [0.25, 0.3) is 5.91 Å². The summed E-state index contributed by atoms with van der Waals surface area (Å²) >= 11 is 0. The van der Waals surface area contributed by atoms with Crippen LogP contribution < -0.4 is 5.32 Å². The van der Waals surface area contributed by atoms with Crippen LogP contribution in [0.1, 0.15) is 40.9 Å². The number of ether oxygens (including phenoxy) is 1. The van der Waals surface area contributed by atoms with E-state index in [1.165, 1.54) is 0 Å². The Morgan fingerprint density at radius 2 is 2.07 bits per heavy atom. The fourth-order valence-electron chi connectivity index (χ4n) is 3.50. The predicted octanol–water partition coefficient (Wildman–Crippen LogP) is 2.76. The van der Waals surface area contributed by atoms with E-state index in [-0.39, 0.29) is 24.5 Å². The van der Waals surface area contributed by atoms with E-state index in [1.54, 1.807) is 12.4 Å². The van der Waals surface area contributed by atoms with E-state index in [9.17, 15) is 9.59 Å². The van der Waals surface area contributed by atoms with Crippen LogP contribution in [0.25, 0.3) is 11.0 Å². The molecular weight excluding hydrogens is 368 g/mol. The van der Waals surface area contributed by atoms with Crippen molar-refractivity contribution in [1.82, 2.24) is 20.2 Å². The molecule has 0 spiro atoms. The summed E-state index contributed by atoms with van der Waals surface area (Å²) in [7, 11) is 0.